The van der Waals surface area contributed by atoms with Crippen LogP contribution in [-0.4, -0.2) is 23.3 Å². The van der Waals surface area contributed by atoms with Gasteiger partial charge in [-0.2, -0.15) is 0 Å². The summed E-state index contributed by atoms with van der Waals surface area (Å²) < 4.78 is 1.22. The molecule has 5 nitrogen and oxygen atoms in total. The maximum absolute atomic E-state index is 13.5. The number of anilines is 1. The standard InChI is InChI=1S/C37H47N3O2/c1-7-8-9-10-11-12-13-14-15-18-26-39(6)32-25-24-31(29(3)27-32)21-19-22-33-30(4)35(38-5)37(42)40(36(33)41)34-23-17-16-20-28(34)2/h16-17,20-25,27,42H,7-15,18,26H2,1-4,6H3. The van der Waals surface area contributed by atoms with E-state index in [1.807, 2.05) is 31.2 Å². The lowest BCUT2D eigenvalue weighted by atomic mass is 10.1. The number of hydrogen-bond acceptors (Lipinski definition) is 3. The van der Waals surface area contributed by atoms with Crippen LogP contribution in [0.5, 0.6) is 5.88 Å². The van der Waals surface area contributed by atoms with Gasteiger partial charge in [-0.05, 0) is 79.8 Å². The zero-order valence-electron chi connectivity index (χ0n) is 26.2. The van der Waals surface area contributed by atoms with Crippen molar-refractivity contribution < 1.29 is 5.11 Å². The van der Waals surface area contributed by atoms with Crippen molar-refractivity contribution in [1.29, 1.82) is 0 Å². The molecular formula is C37H47N3O2. The Labute approximate surface area is 252 Å². The van der Waals surface area contributed by atoms with Crippen molar-refractivity contribution in [3.8, 4) is 11.6 Å². The zero-order chi connectivity index (χ0) is 30.5. The smallest absolute Gasteiger partial charge is 0.263 e. The molecule has 0 aliphatic rings. The fourth-order valence-corrected chi connectivity index (χ4v) is 5.36. The predicted octanol–water partition coefficient (Wildman–Crippen LogP) is 9.70. The van der Waals surface area contributed by atoms with Gasteiger partial charge < -0.3 is 10.0 Å². The molecule has 1 N–H and O–H groups in total. The molecule has 3 aromatic rings. The first-order valence-electron chi connectivity index (χ1n) is 15.5. The maximum Gasteiger partial charge on any atom is 0.263 e. The van der Waals surface area contributed by atoms with Gasteiger partial charge in [0.2, 0.25) is 11.6 Å². The Morgan fingerprint density at radius 1 is 0.905 bits per heavy atom. The Kier molecular flexibility index (Phi) is 12.7. The summed E-state index contributed by atoms with van der Waals surface area (Å²) in [5.74, 6) is -0.337. The Bertz CT molecular complexity index is 1500. The van der Waals surface area contributed by atoms with Crippen LogP contribution in [0.1, 0.15) is 98.9 Å². The minimum Gasteiger partial charge on any atom is -0.502 e. The van der Waals surface area contributed by atoms with Gasteiger partial charge >= 0.3 is 0 Å². The van der Waals surface area contributed by atoms with Gasteiger partial charge in [-0.3, -0.25) is 9.36 Å². The molecule has 3 rings (SSSR count). The third kappa shape index (κ3) is 8.51. The lowest BCUT2D eigenvalue weighted by Gasteiger charge is -2.20. The first kappa shape index (κ1) is 32.5. The Morgan fingerprint density at radius 3 is 2.17 bits per heavy atom. The second kappa shape index (κ2) is 16.4. The Morgan fingerprint density at radius 2 is 1.55 bits per heavy atom. The van der Waals surface area contributed by atoms with Crippen molar-refractivity contribution in [2.75, 3.05) is 18.5 Å². The van der Waals surface area contributed by atoms with E-state index >= 15 is 0 Å². The second-order valence-electron chi connectivity index (χ2n) is 11.3. The van der Waals surface area contributed by atoms with E-state index in [9.17, 15) is 9.90 Å². The number of unbranched alkanes of at least 4 members (excludes halogenated alkanes) is 9. The predicted molar refractivity (Wildman–Crippen MR) is 178 cm³/mol. The fourth-order valence-electron chi connectivity index (χ4n) is 5.36. The van der Waals surface area contributed by atoms with E-state index in [0.29, 0.717) is 16.8 Å². The highest BCUT2D eigenvalue weighted by Gasteiger charge is 2.19. The molecule has 0 saturated carbocycles. The average molecular weight is 566 g/mol. The SMILES string of the molecule is [C-]#[N+]c1c(C)c(C=C=Cc2ccc(N(C)CCCCCCCCCCCC)cc2C)c(=O)n(-c2ccccc2C)c1O. The number of nitrogens with zero attached hydrogens (tertiary/aromatic N) is 3. The van der Waals surface area contributed by atoms with Gasteiger partial charge in [0.25, 0.3) is 5.56 Å². The van der Waals surface area contributed by atoms with Crippen LogP contribution in [0.25, 0.3) is 22.7 Å². The molecule has 0 amide bonds. The molecule has 0 atom stereocenters. The van der Waals surface area contributed by atoms with Gasteiger partial charge in [0, 0.05) is 24.8 Å². The second-order valence-corrected chi connectivity index (χ2v) is 11.3. The minimum absolute atomic E-state index is 0.0666. The molecule has 42 heavy (non-hydrogen) atoms. The number of hydrogen-bond donors (Lipinski definition) is 1. The van der Waals surface area contributed by atoms with Crippen molar-refractivity contribution in [2.24, 2.45) is 0 Å². The molecular weight excluding hydrogens is 518 g/mol. The summed E-state index contributed by atoms with van der Waals surface area (Å²) in [6, 6.07) is 13.7. The minimum atomic E-state index is -0.381. The van der Waals surface area contributed by atoms with Crippen LogP contribution in [-0.2, 0) is 0 Å². The fraction of sp³-hybridized carbons (Fsp3) is 0.432. The normalized spacial score (nSPS) is 10.7. The molecule has 0 spiro atoms. The van der Waals surface area contributed by atoms with Crippen molar-refractivity contribution in [3.63, 3.8) is 0 Å². The third-order valence-electron chi connectivity index (χ3n) is 8.09. The van der Waals surface area contributed by atoms with E-state index in [0.717, 1.165) is 23.2 Å². The number of benzene rings is 2. The van der Waals surface area contributed by atoms with Gasteiger partial charge in [-0.1, -0.05) is 89.0 Å². The Balaban J connectivity index is 1.67. The van der Waals surface area contributed by atoms with Crippen LogP contribution in [0.2, 0.25) is 0 Å². The summed E-state index contributed by atoms with van der Waals surface area (Å²) in [4.78, 5) is 19.3. The number of aryl methyl sites for hydroxylation is 2. The van der Waals surface area contributed by atoms with E-state index in [2.05, 4.69) is 54.6 Å². The quantitative estimate of drug-likeness (QED) is 0.113. The van der Waals surface area contributed by atoms with Crippen molar-refractivity contribution in [3.05, 3.63) is 97.8 Å². The molecule has 222 valence electrons. The third-order valence-corrected chi connectivity index (χ3v) is 8.09. The van der Waals surface area contributed by atoms with Crippen LogP contribution >= 0.6 is 0 Å². The van der Waals surface area contributed by atoms with Crippen LogP contribution in [0.15, 0.2) is 53.0 Å². The summed E-state index contributed by atoms with van der Waals surface area (Å²) in [6.07, 6.45) is 16.9. The highest BCUT2D eigenvalue weighted by molar-refractivity contribution is 5.71. The average Bonchev–Trinajstić information content (AvgIpc) is 2.97. The van der Waals surface area contributed by atoms with Crippen LogP contribution < -0.4 is 10.5 Å². The molecule has 5 heteroatoms. The molecule has 0 saturated heterocycles. The topological polar surface area (TPSA) is 49.8 Å². The molecule has 0 unspecified atom stereocenters. The van der Waals surface area contributed by atoms with Gasteiger partial charge in [0.1, 0.15) is 0 Å². The van der Waals surface area contributed by atoms with Gasteiger partial charge in [0.15, 0.2) is 0 Å². The first-order chi connectivity index (χ1) is 20.3. The monoisotopic (exact) mass is 565 g/mol. The van der Waals surface area contributed by atoms with Gasteiger partial charge in [0.05, 0.1) is 12.3 Å². The lowest BCUT2D eigenvalue weighted by molar-refractivity contribution is 0.438. The highest BCUT2D eigenvalue weighted by atomic mass is 16.3. The molecule has 0 radical (unpaired) electrons. The van der Waals surface area contributed by atoms with E-state index in [1.54, 1.807) is 19.1 Å². The van der Waals surface area contributed by atoms with Gasteiger partial charge in [-0.25, -0.2) is 4.85 Å². The largest absolute Gasteiger partial charge is 0.502 e. The molecule has 1 heterocycles. The number of para-hydroxylation sites is 1. The summed E-state index contributed by atoms with van der Waals surface area (Å²) in [5, 5.41) is 10.8. The summed E-state index contributed by atoms with van der Waals surface area (Å²) >= 11 is 0. The van der Waals surface area contributed by atoms with E-state index in [1.165, 1.54) is 74.5 Å². The molecule has 1 aromatic heterocycles. The lowest BCUT2D eigenvalue weighted by Crippen LogP contribution is -2.22. The molecule has 0 aliphatic carbocycles. The van der Waals surface area contributed by atoms with Crippen LogP contribution in [0, 0.1) is 27.3 Å². The molecule has 0 fully saturated rings. The molecule has 0 bridgehead atoms. The first-order valence-corrected chi connectivity index (χ1v) is 15.5. The Hall–Kier alpha value is -4.00. The van der Waals surface area contributed by atoms with E-state index in [-0.39, 0.29) is 17.1 Å². The van der Waals surface area contributed by atoms with Crippen LogP contribution in [0.3, 0.4) is 0 Å². The van der Waals surface area contributed by atoms with Crippen LogP contribution in [0.4, 0.5) is 11.4 Å². The summed E-state index contributed by atoms with van der Waals surface area (Å²) in [6.45, 7) is 16.6. The number of aromatic hydroxyl groups is 1. The zero-order valence-corrected chi connectivity index (χ0v) is 26.2. The summed E-state index contributed by atoms with van der Waals surface area (Å²) in [5.41, 5.74) is 8.35. The number of rotatable bonds is 15. The van der Waals surface area contributed by atoms with Gasteiger partial charge in [-0.15, -0.1) is 5.73 Å². The number of aromatic nitrogens is 1. The van der Waals surface area contributed by atoms with E-state index < -0.39 is 0 Å². The highest BCUT2D eigenvalue weighted by Crippen LogP contribution is 2.33. The van der Waals surface area contributed by atoms with Crippen molar-refractivity contribution in [1.82, 2.24) is 4.57 Å². The molecule has 0 aliphatic heterocycles. The molecule has 2 aromatic carbocycles. The number of pyridine rings is 1. The maximum atomic E-state index is 13.5. The van der Waals surface area contributed by atoms with Crippen molar-refractivity contribution >= 4 is 23.5 Å². The summed E-state index contributed by atoms with van der Waals surface area (Å²) in [7, 11) is 2.15. The van der Waals surface area contributed by atoms with E-state index in [4.69, 9.17) is 6.57 Å². The van der Waals surface area contributed by atoms with Crippen molar-refractivity contribution in [2.45, 2.75) is 91.9 Å².